The van der Waals surface area contributed by atoms with Gasteiger partial charge in [0.2, 0.25) is 5.91 Å². The van der Waals surface area contributed by atoms with Gasteiger partial charge in [0.25, 0.3) is 0 Å². The molecule has 0 bridgehead atoms. The fourth-order valence-electron chi connectivity index (χ4n) is 2.92. The number of benzene rings is 2. The predicted octanol–water partition coefficient (Wildman–Crippen LogP) is 5.05. The molecule has 0 heterocycles. The Hall–Kier alpha value is -2.55. The first-order chi connectivity index (χ1) is 12.5. The summed E-state index contributed by atoms with van der Waals surface area (Å²) in [4.78, 5) is 12.6. The SMILES string of the molecule is C=CCC(CNC(=O)C(C)c1cccc(OC(C)C)c1)c1ccccc1. The molecule has 0 radical (unpaired) electrons. The zero-order valence-corrected chi connectivity index (χ0v) is 15.9. The van der Waals surface area contributed by atoms with E-state index in [1.54, 1.807) is 0 Å². The lowest BCUT2D eigenvalue weighted by Crippen LogP contribution is -2.31. The molecule has 0 aliphatic heterocycles. The number of allylic oxidation sites excluding steroid dienone is 1. The molecule has 0 saturated carbocycles. The van der Waals surface area contributed by atoms with Crippen LogP contribution in [-0.2, 0) is 4.79 Å². The molecular formula is C23H29NO2. The molecule has 0 fully saturated rings. The molecule has 2 aromatic rings. The van der Waals surface area contributed by atoms with E-state index in [-0.39, 0.29) is 23.8 Å². The van der Waals surface area contributed by atoms with Crippen molar-refractivity contribution in [2.45, 2.75) is 45.1 Å². The zero-order valence-electron chi connectivity index (χ0n) is 15.9. The molecule has 0 aliphatic rings. The van der Waals surface area contributed by atoms with Gasteiger partial charge in [-0.15, -0.1) is 6.58 Å². The van der Waals surface area contributed by atoms with Crippen LogP contribution in [-0.4, -0.2) is 18.6 Å². The average molecular weight is 351 g/mol. The number of carbonyl (C=O) groups excluding carboxylic acids is 1. The summed E-state index contributed by atoms with van der Waals surface area (Å²) in [6.45, 7) is 10.4. The van der Waals surface area contributed by atoms with Gasteiger partial charge >= 0.3 is 0 Å². The Bertz CT molecular complexity index is 709. The Kier molecular flexibility index (Phi) is 7.46. The number of carbonyl (C=O) groups is 1. The summed E-state index contributed by atoms with van der Waals surface area (Å²) in [6, 6.07) is 18.0. The third-order valence-electron chi connectivity index (χ3n) is 4.37. The van der Waals surface area contributed by atoms with Crippen molar-refractivity contribution in [2.24, 2.45) is 0 Å². The minimum Gasteiger partial charge on any atom is -0.491 e. The number of ether oxygens (including phenoxy) is 1. The fraction of sp³-hybridized carbons (Fsp3) is 0.348. The summed E-state index contributed by atoms with van der Waals surface area (Å²) in [5.41, 5.74) is 2.17. The van der Waals surface area contributed by atoms with Gasteiger partial charge in [-0.1, -0.05) is 48.5 Å². The van der Waals surface area contributed by atoms with E-state index in [2.05, 4.69) is 24.0 Å². The first-order valence-electron chi connectivity index (χ1n) is 9.21. The van der Waals surface area contributed by atoms with Crippen LogP contribution in [0.15, 0.2) is 67.3 Å². The molecule has 2 rings (SSSR count). The maximum atomic E-state index is 12.6. The second-order valence-corrected chi connectivity index (χ2v) is 6.84. The van der Waals surface area contributed by atoms with Gasteiger partial charge in [0.15, 0.2) is 0 Å². The molecule has 2 unspecified atom stereocenters. The number of hydrogen-bond acceptors (Lipinski definition) is 2. The topological polar surface area (TPSA) is 38.3 Å². The molecule has 0 aliphatic carbocycles. The lowest BCUT2D eigenvalue weighted by Gasteiger charge is -2.19. The second-order valence-electron chi connectivity index (χ2n) is 6.84. The van der Waals surface area contributed by atoms with E-state index in [0.29, 0.717) is 6.54 Å². The largest absolute Gasteiger partial charge is 0.491 e. The highest BCUT2D eigenvalue weighted by Gasteiger charge is 2.18. The Morgan fingerprint density at radius 3 is 2.42 bits per heavy atom. The minimum atomic E-state index is -0.231. The van der Waals surface area contributed by atoms with Gasteiger partial charge in [-0.25, -0.2) is 0 Å². The van der Waals surface area contributed by atoms with E-state index in [0.717, 1.165) is 17.7 Å². The van der Waals surface area contributed by atoms with Crippen molar-refractivity contribution in [3.05, 3.63) is 78.4 Å². The molecule has 2 aromatic carbocycles. The standard InChI is InChI=1S/C23H29NO2/c1-5-10-21(19-11-7-6-8-12-19)16-24-23(25)18(4)20-13-9-14-22(15-20)26-17(2)3/h5-9,11-15,17-18,21H,1,10,16H2,2-4H3,(H,24,25). The van der Waals surface area contributed by atoms with Gasteiger partial charge in [-0.2, -0.15) is 0 Å². The van der Waals surface area contributed by atoms with Crippen molar-refractivity contribution in [1.29, 1.82) is 0 Å². The molecule has 2 atom stereocenters. The summed E-state index contributed by atoms with van der Waals surface area (Å²) < 4.78 is 5.73. The molecule has 26 heavy (non-hydrogen) atoms. The first kappa shape index (κ1) is 19.8. The van der Waals surface area contributed by atoms with Crippen LogP contribution in [0.3, 0.4) is 0 Å². The molecule has 3 nitrogen and oxygen atoms in total. The minimum absolute atomic E-state index is 0.0247. The van der Waals surface area contributed by atoms with Crippen LogP contribution in [0.2, 0.25) is 0 Å². The van der Waals surface area contributed by atoms with Crippen LogP contribution in [0.1, 0.15) is 50.2 Å². The summed E-state index contributed by atoms with van der Waals surface area (Å²) >= 11 is 0. The van der Waals surface area contributed by atoms with Crippen LogP contribution >= 0.6 is 0 Å². The molecule has 138 valence electrons. The Labute approximate surface area is 157 Å². The molecule has 0 saturated heterocycles. The Morgan fingerprint density at radius 2 is 1.77 bits per heavy atom. The van der Waals surface area contributed by atoms with E-state index in [1.165, 1.54) is 5.56 Å². The Morgan fingerprint density at radius 1 is 1.08 bits per heavy atom. The van der Waals surface area contributed by atoms with Crippen molar-refractivity contribution in [1.82, 2.24) is 5.32 Å². The first-order valence-corrected chi connectivity index (χ1v) is 9.21. The molecular weight excluding hydrogens is 322 g/mol. The normalized spacial score (nSPS) is 13.1. The summed E-state index contributed by atoms with van der Waals surface area (Å²) in [6.07, 6.45) is 2.84. The fourth-order valence-corrected chi connectivity index (χ4v) is 2.92. The van der Waals surface area contributed by atoms with Gasteiger partial charge in [-0.05, 0) is 50.5 Å². The second kappa shape index (κ2) is 9.81. The average Bonchev–Trinajstić information content (AvgIpc) is 2.64. The van der Waals surface area contributed by atoms with Crippen molar-refractivity contribution < 1.29 is 9.53 Å². The smallest absolute Gasteiger partial charge is 0.227 e. The lowest BCUT2D eigenvalue weighted by atomic mass is 9.95. The van der Waals surface area contributed by atoms with Gasteiger partial charge in [0.1, 0.15) is 5.75 Å². The van der Waals surface area contributed by atoms with Crippen molar-refractivity contribution >= 4 is 5.91 Å². The van der Waals surface area contributed by atoms with Crippen LogP contribution in [0.5, 0.6) is 5.75 Å². The van der Waals surface area contributed by atoms with E-state index in [1.807, 2.05) is 69.3 Å². The van der Waals surface area contributed by atoms with Crippen LogP contribution in [0, 0.1) is 0 Å². The van der Waals surface area contributed by atoms with Gasteiger partial charge in [0.05, 0.1) is 12.0 Å². The number of amides is 1. The number of rotatable bonds is 9. The maximum Gasteiger partial charge on any atom is 0.227 e. The van der Waals surface area contributed by atoms with Crippen molar-refractivity contribution in [2.75, 3.05) is 6.54 Å². The van der Waals surface area contributed by atoms with Crippen LogP contribution in [0.25, 0.3) is 0 Å². The number of nitrogens with one attached hydrogen (secondary N) is 1. The third-order valence-corrected chi connectivity index (χ3v) is 4.37. The highest BCUT2D eigenvalue weighted by molar-refractivity contribution is 5.83. The van der Waals surface area contributed by atoms with Gasteiger partial charge in [-0.3, -0.25) is 4.79 Å². The maximum absolute atomic E-state index is 12.6. The molecule has 0 spiro atoms. The van der Waals surface area contributed by atoms with E-state index in [4.69, 9.17) is 4.74 Å². The molecule has 1 amide bonds. The Balaban J connectivity index is 2.00. The van der Waals surface area contributed by atoms with E-state index >= 15 is 0 Å². The van der Waals surface area contributed by atoms with E-state index in [9.17, 15) is 4.79 Å². The van der Waals surface area contributed by atoms with Crippen LogP contribution < -0.4 is 10.1 Å². The summed E-state index contributed by atoms with van der Waals surface area (Å²) in [5.74, 6) is 0.828. The third kappa shape index (κ3) is 5.76. The molecule has 0 aromatic heterocycles. The predicted molar refractivity (Wildman–Crippen MR) is 108 cm³/mol. The van der Waals surface area contributed by atoms with Gasteiger partial charge in [0, 0.05) is 12.5 Å². The highest BCUT2D eigenvalue weighted by Crippen LogP contribution is 2.23. The lowest BCUT2D eigenvalue weighted by molar-refractivity contribution is -0.122. The molecule has 1 N–H and O–H groups in total. The van der Waals surface area contributed by atoms with Crippen molar-refractivity contribution in [3.8, 4) is 5.75 Å². The highest BCUT2D eigenvalue weighted by atomic mass is 16.5. The molecule has 3 heteroatoms. The zero-order chi connectivity index (χ0) is 18.9. The summed E-state index contributed by atoms with van der Waals surface area (Å²) in [7, 11) is 0. The van der Waals surface area contributed by atoms with E-state index < -0.39 is 0 Å². The quantitative estimate of drug-likeness (QED) is 0.642. The van der Waals surface area contributed by atoms with Crippen molar-refractivity contribution in [3.63, 3.8) is 0 Å². The summed E-state index contributed by atoms with van der Waals surface area (Å²) in [5, 5.41) is 3.10. The van der Waals surface area contributed by atoms with Crippen LogP contribution in [0.4, 0.5) is 0 Å². The monoisotopic (exact) mass is 351 g/mol. The number of hydrogen-bond donors (Lipinski definition) is 1. The van der Waals surface area contributed by atoms with Gasteiger partial charge < -0.3 is 10.1 Å².